The smallest absolute Gasteiger partial charge is 0.251 e. The maximum atomic E-state index is 12.1. The summed E-state index contributed by atoms with van der Waals surface area (Å²) in [5, 5.41) is 5.98. The number of carbonyl (C=O) groups excluding carboxylic acids is 1. The van der Waals surface area contributed by atoms with Crippen molar-refractivity contribution in [3.8, 4) is 0 Å². The minimum Gasteiger partial charge on any atom is -0.370 e. The molecule has 0 bridgehead atoms. The summed E-state index contributed by atoms with van der Waals surface area (Å²) in [5.74, 6) is 0.388. The molecule has 1 amide bonds. The van der Waals surface area contributed by atoms with Gasteiger partial charge in [0.15, 0.2) is 5.96 Å². The summed E-state index contributed by atoms with van der Waals surface area (Å²) in [6, 6.07) is 7.65. The Hall–Kier alpha value is -1.31. The van der Waals surface area contributed by atoms with Gasteiger partial charge in [0.25, 0.3) is 5.91 Å². The van der Waals surface area contributed by atoms with E-state index in [0.717, 1.165) is 24.9 Å². The molecule has 0 aliphatic heterocycles. The first-order valence-electron chi connectivity index (χ1n) is 7.50. The van der Waals surface area contributed by atoms with Crippen molar-refractivity contribution in [1.82, 2.24) is 10.6 Å². The fourth-order valence-corrected chi connectivity index (χ4v) is 1.71. The molecule has 0 spiro atoms. The van der Waals surface area contributed by atoms with E-state index in [-0.39, 0.29) is 35.9 Å². The average molecular weight is 418 g/mol. The van der Waals surface area contributed by atoms with Crippen molar-refractivity contribution in [2.45, 2.75) is 46.2 Å². The number of nitrogens with one attached hydrogen (secondary N) is 2. The Bertz CT molecular complexity index is 491. The van der Waals surface area contributed by atoms with Gasteiger partial charge < -0.3 is 16.4 Å². The summed E-state index contributed by atoms with van der Waals surface area (Å²) in [6.07, 6.45) is 1.91. The second-order valence-corrected chi connectivity index (χ2v) is 5.11. The van der Waals surface area contributed by atoms with E-state index >= 15 is 0 Å². The highest BCUT2D eigenvalue weighted by atomic mass is 127. The lowest BCUT2D eigenvalue weighted by atomic mass is 10.1. The van der Waals surface area contributed by atoms with E-state index in [9.17, 15) is 4.79 Å². The molecule has 124 valence electrons. The molecule has 0 heterocycles. The third kappa shape index (κ3) is 7.63. The molecular weight excluding hydrogens is 391 g/mol. The van der Waals surface area contributed by atoms with Crippen LogP contribution < -0.4 is 16.4 Å². The summed E-state index contributed by atoms with van der Waals surface area (Å²) < 4.78 is 0. The molecule has 1 aromatic carbocycles. The molecule has 0 aromatic heterocycles. The highest BCUT2D eigenvalue weighted by molar-refractivity contribution is 14.0. The third-order valence-electron chi connectivity index (χ3n) is 3.17. The molecule has 1 unspecified atom stereocenters. The van der Waals surface area contributed by atoms with Crippen molar-refractivity contribution in [2.24, 2.45) is 10.7 Å². The van der Waals surface area contributed by atoms with Crippen LogP contribution in [0.15, 0.2) is 29.3 Å². The van der Waals surface area contributed by atoms with Gasteiger partial charge in [0.1, 0.15) is 0 Å². The maximum Gasteiger partial charge on any atom is 0.251 e. The van der Waals surface area contributed by atoms with Crippen LogP contribution in [0, 0.1) is 0 Å². The monoisotopic (exact) mass is 418 g/mol. The van der Waals surface area contributed by atoms with E-state index in [1.54, 1.807) is 0 Å². The molecule has 1 rings (SSSR count). The SMILES string of the molecule is CCCNC(N)=NCc1cccc(C(=O)NC(C)CC)c1.I. The number of guanidine groups is 1. The highest BCUT2D eigenvalue weighted by Crippen LogP contribution is 2.07. The molecule has 0 aliphatic rings. The van der Waals surface area contributed by atoms with Crippen molar-refractivity contribution in [3.63, 3.8) is 0 Å². The number of aliphatic imine (C=N–C) groups is 1. The number of carbonyl (C=O) groups is 1. The normalized spacial score (nSPS) is 12.2. The Morgan fingerprint density at radius 3 is 2.73 bits per heavy atom. The molecule has 0 aliphatic carbocycles. The summed E-state index contributed by atoms with van der Waals surface area (Å²) in [6.45, 7) is 7.38. The molecule has 0 saturated heterocycles. The molecule has 0 saturated carbocycles. The van der Waals surface area contributed by atoms with Crippen LogP contribution in [0.25, 0.3) is 0 Å². The van der Waals surface area contributed by atoms with Crippen LogP contribution in [0.4, 0.5) is 0 Å². The zero-order chi connectivity index (χ0) is 15.7. The number of amides is 1. The fourth-order valence-electron chi connectivity index (χ4n) is 1.71. The van der Waals surface area contributed by atoms with Gasteiger partial charge in [-0.05, 0) is 37.5 Å². The van der Waals surface area contributed by atoms with Gasteiger partial charge in [0.2, 0.25) is 0 Å². The molecule has 0 fully saturated rings. The van der Waals surface area contributed by atoms with Gasteiger partial charge in [-0.25, -0.2) is 4.99 Å². The van der Waals surface area contributed by atoms with Crippen LogP contribution in [-0.4, -0.2) is 24.5 Å². The first kappa shape index (κ1) is 20.7. The van der Waals surface area contributed by atoms with Crippen molar-refractivity contribution < 1.29 is 4.79 Å². The Morgan fingerprint density at radius 2 is 2.09 bits per heavy atom. The first-order chi connectivity index (χ1) is 10.1. The number of halogens is 1. The number of rotatable bonds is 7. The number of hydrogen-bond donors (Lipinski definition) is 3. The lowest BCUT2D eigenvalue weighted by Crippen LogP contribution is -2.32. The topological polar surface area (TPSA) is 79.5 Å². The average Bonchev–Trinajstić information content (AvgIpc) is 2.50. The summed E-state index contributed by atoms with van der Waals surface area (Å²) in [4.78, 5) is 16.3. The quantitative estimate of drug-likeness (QED) is 0.362. The number of benzene rings is 1. The van der Waals surface area contributed by atoms with Gasteiger partial charge in [-0.1, -0.05) is 26.0 Å². The fraction of sp³-hybridized carbons (Fsp3) is 0.500. The van der Waals surface area contributed by atoms with E-state index in [2.05, 4.69) is 22.5 Å². The van der Waals surface area contributed by atoms with Crippen LogP contribution in [0.3, 0.4) is 0 Å². The molecular formula is C16H27IN4O. The lowest BCUT2D eigenvalue weighted by molar-refractivity contribution is 0.0939. The maximum absolute atomic E-state index is 12.1. The van der Waals surface area contributed by atoms with Gasteiger partial charge in [0, 0.05) is 18.2 Å². The zero-order valence-corrected chi connectivity index (χ0v) is 15.9. The van der Waals surface area contributed by atoms with Crippen LogP contribution in [0.2, 0.25) is 0 Å². The Morgan fingerprint density at radius 1 is 1.36 bits per heavy atom. The first-order valence-corrected chi connectivity index (χ1v) is 7.50. The summed E-state index contributed by atoms with van der Waals surface area (Å²) >= 11 is 0. The van der Waals surface area contributed by atoms with E-state index in [1.807, 2.05) is 38.1 Å². The van der Waals surface area contributed by atoms with Gasteiger partial charge >= 0.3 is 0 Å². The lowest BCUT2D eigenvalue weighted by Gasteiger charge is -2.11. The largest absolute Gasteiger partial charge is 0.370 e. The van der Waals surface area contributed by atoms with E-state index < -0.39 is 0 Å². The van der Waals surface area contributed by atoms with Crippen LogP contribution in [-0.2, 0) is 6.54 Å². The number of nitrogens with zero attached hydrogens (tertiary/aromatic N) is 1. The summed E-state index contributed by atoms with van der Waals surface area (Å²) in [7, 11) is 0. The molecule has 1 aromatic rings. The highest BCUT2D eigenvalue weighted by Gasteiger charge is 2.08. The van der Waals surface area contributed by atoms with Gasteiger partial charge in [-0.15, -0.1) is 24.0 Å². The number of hydrogen-bond acceptors (Lipinski definition) is 2. The van der Waals surface area contributed by atoms with Crippen molar-refractivity contribution in [1.29, 1.82) is 0 Å². The minimum absolute atomic E-state index is 0. The molecule has 0 radical (unpaired) electrons. The standard InChI is InChI=1S/C16H26N4O.HI/c1-4-9-18-16(17)19-11-13-7-6-8-14(10-13)15(21)20-12(3)5-2;/h6-8,10,12H,4-5,9,11H2,1-3H3,(H,20,21)(H3,17,18,19);1H. The predicted octanol–water partition coefficient (Wildman–Crippen LogP) is 2.65. The zero-order valence-electron chi connectivity index (χ0n) is 13.6. The third-order valence-corrected chi connectivity index (χ3v) is 3.17. The molecule has 4 N–H and O–H groups in total. The van der Waals surface area contributed by atoms with Gasteiger partial charge in [-0.3, -0.25) is 4.79 Å². The second kappa shape index (κ2) is 11.3. The van der Waals surface area contributed by atoms with Crippen molar-refractivity contribution in [3.05, 3.63) is 35.4 Å². The number of nitrogens with two attached hydrogens (primary N) is 1. The minimum atomic E-state index is -0.0488. The van der Waals surface area contributed by atoms with Crippen molar-refractivity contribution >= 4 is 35.8 Å². The molecule has 1 atom stereocenters. The van der Waals surface area contributed by atoms with E-state index in [4.69, 9.17) is 5.73 Å². The Balaban J connectivity index is 0.00000441. The Labute approximate surface area is 150 Å². The van der Waals surface area contributed by atoms with Gasteiger partial charge in [-0.2, -0.15) is 0 Å². The predicted molar refractivity (Wildman–Crippen MR) is 103 cm³/mol. The van der Waals surface area contributed by atoms with Crippen LogP contribution in [0.5, 0.6) is 0 Å². The summed E-state index contributed by atoms with van der Waals surface area (Å²) in [5.41, 5.74) is 7.37. The molecule has 22 heavy (non-hydrogen) atoms. The van der Waals surface area contributed by atoms with Gasteiger partial charge in [0.05, 0.1) is 6.54 Å². The second-order valence-electron chi connectivity index (χ2n) is 5.11. The van der Waals surface area contributed by atoms with Crippen LogP contribution >= 0.6 is 24.0 Å². The molecule has 5 nitrogen and oxygen atoms in total. The van der Waals surface area contributed by atoms with E-state index in [0.29, 0.717) is 18.1 Å². The van der Waals surface area contributed by atoms with Crippen LogP contribution in [0.1, 0.15) is 49.5 Å². The Kier molecular flexibility index (Phi) is 10.6. The van der Waals surface area contributed by atoms with E-state index in [1.165, 1.54) is 0 Å². The molecule has 6 heteroatoms. The van der Waals surface area contributed by atoms with Crippen molar-refractivity contribution in [2.75, 3.05) is 6.54 Å².